The standard InChI is InChI=1S/C12H15N3O4S/c16-15(17)11-1-3-12(4-2-11)20(18,19)14-7-10(8-14)9-5-13-6-9/h1-4,9-10,13H,5-8H2. The predicted octanol–water partition coefficient (Wildman–Crippen LogP) is 0.435. The number of rotatable bonds is 4. The van der Waals surface area contributed by atoms with E-state index in [1.807, 2.05) is 0 Å². The van der Waals surface area contributed by atoms with Crippen molar-refractivity contribution in [3.8, 4) is 0 Å². The van der Waals surface area contributed by atoms with Crippen molar-refractivity contribution in [2.24, 2.45) is 11.8 Å². The summed E-state index contributed by atoms with van der Waals surface area (Å²) < 4.78 is 26.1. The van der Waals surface area contributed by atoms with Gasteiger partial charge in [0, 0.05) is 25.2 Å². The minimum Gasteiger partial charge on any atom is -0.316 e. The van der Waals surface area contributed by atoms with Gasteiger partial charge in [-0.25, -0.2) is 8.42 Å². The number of benzene rings is 1. The van der Waals surface area contributed by atoms with E-state index in [0.29, 0.717) is 24.9 Å². The second-order valence-electron chi connectivity index (χ2n) is 5.25. The molecule has 0 radical (unpaired) electrons. The Balaban J connectivity index is 1.70. The molecule has 2 aliphatic heterocycles. The van der Waals surface area contributed by atoms with Crippen LogP contribution in [0.25, 0.3) is 0 Å². The lowest BCUT2D eigenvalue weighted by Gasteiger charge is -2.45. The zero-order valence-corrected chi connectivity index (χ0v) is 11.5. The quantitative estimate of drug-likeness (QED) is 0.643. The lowest BCUT2D eigenvalue weighted by Crippen LogP contribution is -2.59. The number of hydrogen-bond donors (Lipinski definition) is 1. The van der Waals surface area contributed by atoms with Crippen LogP contribution in [-0.4, -0.2) is 43.8 Å². The van der Waals surface area contributed by atoms with Crippen LogP contribution in [0.15, 0.2) is 29.2 Å². The van der Waals surface area contributed by atoms with E-state index in [-0.39, 0.29) is 10.6 Å². The van der Waals surface area contributed by atoms with Crippen molar-refractivity contribution in [3.05, 3.63) is 34.4 Å². The first-order chi connectivity index (χ1) is 9.48. The highest BCUT2D eigenvalue weighted by Gasteiger charge is 2.42. The van der Waals surface area contributed by atoms with E-state index in [9.17, 15) is 18.5 Å². The molecule has 0 aromatic heterocycles. The molecule has 8 heteroatoms. The Morgan fingerprint density at radius 1 is 1.15 bits per heavy atom. The summed E-state index contributed by atoms with van der Waals surface area (Å²) in [4.78, 5) is 10.1. The third-order valence-corrected chi connectivity index (χ3v) is 5.89. The van der Waals surface area contributed by atoms with Gasteiger partial charge in [0.1, 0.15) is 0 Å². The van der Waals surface area contributed by atoms with Crippen LogP contribution in [0.1, 0.15) is 0 Å². The molecule has 0 aliphatic carbocycles. The van der Waals surface area contributed by atoms with Crippen LogP contribution in [0.2, 0.25) is 0 Å². The first-order valence-electron chi connectivity index (χ1n) is 6.44. The van der Waals surface area contributed by atoms with Gasteiger partial charge in [-0.2, -0.15) is 4.31 Å². The summed E-state index contributed by atoms with van der Waals surface area (Å²) in [7, 11) is -3.50. The minimum absolute atomic E-state index is 0.106. The van der Waals surface area contributed by atoms with Crippen LogP contribution in [0.3, 0.4) is 0 Å². The molecule has 0 amide bonds. The Hall–Kier alpha value is -1.51. The van der Waals surface area contributed by atoms with E-state index in [2.05, 4.69) is 5.32 Å². The first-order valence-corrected chi connectivity index (χ1v) is 7.88. The molecule has 7 nitrogen and oxygen atoms in total. The highest BCUT2D eigenvalue weighted by Crippen LogP contribution is 2.31. The number of non-ortho nitro benzene ring substituents is 1. The van der Waals surface area contributed by atoms with Crippen molar-refractivity contribution < 1.29 is 13.3 Å². The van der Waals surface area contributed by atoms with Gasteiger partial charge in [0.2, 0.25) is 10.0 Å². The number of hydrogen-bond acceptors (Lipinski definition) is 5. The topological polar surface area (TPSA) is 92.5 Å². The number of nitrogens with zero attached hydrogens (tertiary/aromatic N) is 2. The molecule has 3 rings (SSSR count). The Kier molecular flexibility index (Phi) is 3.23. The van der Waals surface area contributed by atoms with E-state index in [1.54, 1.807) is 0 Å². The van der Waals surface area contributed by atoms with E-state index < -0.39 is 14.9 Å². The average molecular weight is 297 g/mol. The molecule has 2 heterocycles. The first kappa shape index (κ1) is 13.5. The Morgan fingerprint density at radius 2 is 1.75 bits per heavy atom. The Morgan fingerprint density at radius 3 is 2.20 bits per heavy atom. The third kappa shape index (κ3) is 2.19. The molecule has 108 valence electrons. The normalized spacial score (nSPS) is 21.2. The second-order valence-corrected chi connectivity index (χ2v) is 7.19. The van der Waals surface area contributed by atoms with Crippen molar-refractivity contribution in [2.45, 2.75) is 4.90 Å². The van der Waals surface area contributed by atoms with Gasteiger partial charge >= 0.3 is 0 Å². The van der Waals surface area contributed by atoms with Crippen molar-refractivity contribution in [1.82, 2.24) is 9.62 Å². The van der Waals surface area contributed by atoms with Crippen molar-refractivity contribution in [2.75, 3.05) is 26.2 Å². The number of nitrogens with one attached hydrogen (secondary N) is 1. The molecule has 2 saturated heterocycles. The van der Waals surface area contributed by atoms with Crippen LogP contribution >= 0.6 is 0 Å². The second kappa shape index (κ2) is 4.80. The summed E-state index contributed by atoms with van der Waals surface area (Å²) in [6.45, 7) is 3.03. The lowest BCUT2D eigenvalue weighted by molar-refractivity contribution is -0.384. The van der Waals surface area contributed by atoms with Crippen LogP contribution < -0.4 is 5.32 Å². The molecule has 0 bridgehead atoms. The van der Waals surface area contributed by atoms with Gasteiger partial charge in [0.25, 0.3) is 5.69 Å². The van der Waals surface area contributed by atoms with Gasteiger partial charge < -0.3 is 5.32 Å². The summed E-state index contributed by atoms with van der Waals surface area (Å²) in [6.07, 6.45) is 0. The summed E-state index contributed by atoms with van der Waals surface area (Å²) in [5, 5.41) is 13.7. The van der Waals surface area contributed by atoms with Gasteiger partial charge in [-0.05, 0) is 37.1 Å². The summed E-state index contributed by atoms with van der Waals surface area (Å²) in [5.41, 5.74) is -0.106. The SMILES string of the molecule is O=[N+]([O-])c1ccc(S(=O)(=O)N2CC(C3CNC3)C2)cc1. The zero-order chi connectivity index (χ0) is 14.3. The molecular formula is C12H15N3O4S. The van der Waals surface area contributed by atoms with Gasteiger partial charge in [-0.15, -0.1) is 0 Å². The van der Waals surface area contributed by atoms with E-state index >= 15 is 0 Å². The molecule has 0 saturated carbocycles. The van der Waals surface area contributed by atoms with Gasteiger partial charge in [-0.1, -0.05) is 0 Å². The zero-order valence-electron chi connectivity index (χ0n) is 10.7. The fourth-order valence-corrected chi connectivity index (χ4v) is 4.05. The van der Waals surface area contributed by atoms with Gasteiger partial charge in [-0.3, -0.25) is 10.1 Å². The van der Waals surface area contributed by atoms with Crippen LogP contribution in [-0.2, 0) is 10.0 Å². The lowest BCUT2D eigenvalue weighted by atomic mass is 9.83. The van der Waals surface area contributed by atoms with Gasteiger partial charge in [0.15, 0.2) is 0 Å². The molecule has 0 unspecified atom stereocenters. The third-order valence-electron chi connectivity index (χ3n) is 4.04. The average Bonchev–Trinajstić information content (AvgIpc) is 2.30. The molecule has 20 heavy (non-hydrogen) atoms. The maximum Gasteiger partial charge on any atom is 0.269 e. The monoisotopic (exact) mass is 297 g/mol. The number of sulfonamides is 1. The molecule has 2 aliphatic rings. The van der Waals surface area contributed by atoms with E-state index in [4.69, 9.17) is 0 Å². The molecule has 1 N–H and O–H groups in total. The fraction of sp³-hybridized carbons (Fsp3) is 0.500. The minimum atomic E-state index is -3.50. The van der Waals surface area contributed by atoms with Crippen molar-refractivity contribution in [1.29, 1.82) is 0 Å². The molecular weight excluding hydrogens is 282 g/mol. The highest BCUT2D eigenvalue weighted by atomic mass is 32.2. The smallest absolute Gasteiger partial charge is 0.269 e. The molecule has 0 atom stereocenters. The predicted molar refractivity (Wildman–Crippen MR) is 71.7 cm³/mol. The summed E-state index contributed by atoms with van der Waals surface area (Å²) in [6, 6.07) is 5.04. The van der Waals surface area contributed by atoms with Crippen LogP contribution in [0.4, 0.5) is 5.69 Å². The summed E-state index contributed by atoms with van der Waals surface area (Å²) in [5.74, 6) is 1.02. The van der Waals surface area contributed by atoms with Crippen molar-refractivity contribution in [3.63, 3.8) is 0 Å². The summed E-state index contributed by atoms with van der Waals surface area (Å²) >= 11 is 0. The van der Waals surface area contributed by atoms with E-state index in [0.717, 1.165) is 13.1 Å². The number of nitro groups is 1. The highest BCUT2D eigenvalue weighted by molar-refractivity contribution is 7.89. The van der Waals surface area contributed by atoms with Crippen molar-refractivity contribution >= 4 is 15.7 Å². The molecule has 1 aromatic rings. The maximum absolute atomic E-state index is 12.3. The fourth-order valence-electron chi connectivity index (χ4n) is 2.50. The molecule has 0 spiro atoms. The molecule has 2 fully saturated rings. The van der Waals surface area contributed by atoms with Gasteiger partial charge in [0.05, 0.1) is 9.82 Å². The molecule has 1 aromatic carbocycles. The van der Waals surface area contributed by atoms with E-state index in [1.165, 1.54) is 28.6 Å². The maximum atomic E-state index is 12.3. The Labute approximate surface area is 116 Å². The van der Waals surface area contributed by atoms with Crippen LogP contribution in [0, 0.1) is 22.0 Å². The number of nitro benzene ring substituents is 1. The Bertz CT molecular complexity index is 619. The van der Waals surface area contributed by atoms with Crippen LogP contribution in [0.5, 0.6) is 0 Å². The largest absolute Gasteiger partial charge is 0.316 e.